The Morgan fingerprint density at radius 3 is 2.83 bits per heavy atom. The lowest BCUT2D eigenvalue weighted by Gasteiger charge is -2.15. The first-order chi connectivity index (χ1) is 17.4. The third-order valence-electron chi connectivity index (χ3n) is 5.99. The summed E-state index contributed by atoms with van der Waals surface area (Å²) in [6, 6.07) is 14.2. The smallest absolute Gasteiger partial charge is 0.274 e. The minimum absolute atomic E-state index is 0.00386. The van der Waals surface area contributed by atoms with Gasteiger partial charge >= 0.3 is 0 Å². The number of alkyl halides is 1. The molecule has 10 heteroatoms. The molecule has 182 valence electrons. The average molecular weight is 524 g/mol. The number of amides is 1. The summed E-state index contributed by atoms with van der Waals surface area (Å²) >= 11 is 12.0. The molecule has 1 atom stereocenters. The first-order valence-electron chi connectivity index (χ1n) is 11.3. The van der Waals surface area contributed by atoms with Crippen molar-refractivity contribution in [3.05, 3.63) is 86.8 Å². The van der Waals surface area contributed by atoms with Gasteiger partial charge in [0.2, 0.25) is 0 Å². The van der Waals surface area contributed by atoms with E-state index in [0.29, 0.717) is 22.4 Å². The zero-order valence-corrected chi connectivity index (χ0v) is 20.6. The van der Waals surface area contributed by atoms with Gasteiger partial charge in [0.1, 0.15) is 23.6 Å². The topological polar surface area (TPSA) is 92.3 Å². The molecular weight excluding hydrogens is 504 g/mol. The number of hydrogen-bond acceptors (Lipinski definition) is 5. The predicted molar refractivity (Wildman–Crippen MR) is 134 cm³/mol. The molecule has 2 heterocycles. The van der Waals surface area contributed by atoms with Crippen LogP contribution in [-0.2, 0) is 0 Å². The molecule has 5 rings (SSSR count). The fraction of sp³-hybridized carbons (Fsp3) is 0.231. The number of benzene rings is 2. The van der Waals surface area contributed by atoms with E-state index in [2.05, 4.69) is 21.5 Å². The Bertz CT molecular complexity index is 1530. The van der Waals surface area contributed by atoms with Crippen LogP contribution in [0.2, 0.25) is 10.0 Å². The molecule has 1 aliphatic rings. The number of hydrogen-bond donors (Lipinski definition) is 1. The number of ether oxygens (including phenoxy) is 1. The van der Waals surface area contributed by atoms with E-state index in [1.807, 2.05) is 18.2 Å². The second-order valence-electron chi connectivity index (χ2n) is 8.57. The minimum Gasteiger partial charge on any atom is -0.453 e. The molecule has 1 saturated carbocycles. The van der Waals surface area contributed by atoms with Gasteiger partial charge in [-0.1, -0.05) is 41.4 Å². The Labute approximate surface area is 216 Å². The van der Waals surface area contributed by atoms with Gasteiger partial charge in [-0.15, -0.1) is 0 Å². The number of fused-ring (bicyclic) bond motifs is 1. The van der Waals surface area contributed by atoms with Crippen LogP contribution >= 0.6 is 23.2 Å². The van der Waals surface area contributed by atoms with Crippen molar-refractivity contribution in [2.75, 3.05) is 6.54 Å². The Morgan fingerprint density at radius 2 is 2.11 bits per heavy atom. The fourth-order valence-corrected chi connectivity index (χ4v) is 4.52. The number of nitrogens with zero attached hydrogens (tertiary/aromatic N) is 4. The number of halogens is 3. The van der Waals surface area contributed by atoms with Crippen molar-refractivity contribution >= 4 is 34.8 Å². The standard InChI is InChI=1S/C26H20Cl2FN5O2/c1-14-20(11-30)25-31-13-23(36-18-4-2-3-16(9-18)15-5-6-15)24(34(25)33-14)26(35)32-12-22(29)19-8-7-17(27)10-21(19)28/h2-4,7-10,13,15,22H,5-6,12H2,1H3,(H,32,35). The molecule has 1 amide bonds. The van der Waals surface area contributed by atoms with Gasteiger partial charge in [-0.25, -0.2) is 13.9 Å². The number of rotatable bonds is 7. The number of nitriles is 1. The first-order valence-corrected chi connectivity index (χ1v) is 12.0. The Balaban J connectivity index is 1.47. The quantitative estimate of drug-likeness (QED) is 0.305. The lowest BCUT2D eigenvalue weighted by Crippen LogP contribution is -2.29. The molecule has 1 fully saturated rings. The number of nitrogens with one attached hydrogen (secondary N) is 1. The van der Waals surface area contributed by atoms with E-state index in [9.17, 15) is 14.4 Å². The second-order valence-corrected chi connectivity index (χ2v) is 9.41. The molecule has 7 nitrogen and oxygen atoms in total. The summed E-state index contributed by atoms with van der Waals surface area (Å²) in [7, 11) is 0. The molecule has 1 unspecified atom stereocenters. The third-order valence-corrected chi connectivity index (χ3v) is 6.55. The molecular formula is C26H20Cl2FN5O2. The highest BCUT2D eigenvalue weighted by atomic mass is 35.5. The van der Waals surface area contributed by atoms with E-state index in [1.54, 1.807) is 13.0 Å². The summed E-state index contributed by atoms with van der Waals surface area (Å²) < 4.78 is 22.3. The highest BCUT2D eigenvalue weighted by Crippen LogP contribution is 2.41. The second kappa shape index (κ2) is 9.76. The summed E-state index contributed by atoms with van der Waals surface area (Å²) in [6.45, 7) is 1.29. The summed E-state index contributed by atoms with van der Waals surface area (Å²) in [5, 5.41) is 17.0. The summed E-state index contributed by atoms with van der Waals surface area (Å²) in [5.74, 6) is 0.538. The van der Waals surface area contributed by atoms with Crippen LogP contribution in [0, 0.1) is 18.3 Å². The van der Waals surface area contributed by atoms with Crippen LogP contribution < -0.4 is 10.1 Å². The highest BCUT2D eigenvalue weighted by molar-refractivity contribution is 6.35. The van der Waals surface area contributed by atoms with Gasteiger partial charge in [0.15, 0.2) is 17.1 Å². The molecule has 0 saturated heterocycles. The van der Waals surface area contributed by atoms with Crippen molar-refractivity contribution in [3.63, 3.8) is 0 Å². The van der Waals surface area contributed by atoms with Gasteiger partial charge in [0, 0.05) is 15.6 Å². The van der Waals surface area contributed by atoms with Gasteiger partial charge in [0.05, 0.1) is 18.4 Å². The first kappa shape index (κ1) is 24.0. The number of aromatic nitrogens is 3. The minimum atomic E-state index is -1.58. The van der Waals surface area contributed by atoms with E-state index in [4.69, 9.17) is 27.9 Å². The zero-order chi connectivity index (χ0) is 25.4. The molecule has 0 bridgehead atoms. The monoisotopic (exact) mass is 523 g/mol. The van der Waals surface area contributed by atoms with Gasteiger partial charge in [0.25, 0.3) is 5.91 Å². The lowest BCUT2D eigenvalue weighted by molar-refractivity contribution is 0.0931. The van der Waals surface area contributed by atoms with Crippen LogP contribution in [0.5, 0.6) is 11.5 Å². The molecule has 0 aliphatic heterocycles. The van der Waals surface area contributed by atoms with E-state index < -0.39 is 12.1 Å². The largest absolute Gasteiger partial charge is 0.453 e. The van der Waals surface area contributed by atoms with Crippen LogP contribution in [0.3, 0.4) is 0 Å². The lowest BCUT2D eigenvalue weighted by atomic mass is 10.1. The van der Waals surface area contributed by atoms with Gasteiger partial charge in [-0.05, 0) is 55.5 Å². The van der Waals surface area contributed by atoms with Crippen molar-refractivity contribution < 1.29 is 13.9 Å². The highest BCUT2D eigenvalue weighted by Gasteiger charge is 2.26. The number of carbonyl (C=O) groups excluding carboxylic acids is 1. The zero-order valence-electron chi connectivity index (χ0n) is 19.1. The summed E-state index contributed by atoms with van der Waals surface area (Å²) in [6.07, 6.45) is 2.07. The predicted octanol–water partition coefficient (Wildman–Crippen LogP) is 6.33. The maximum atomic E-state index is 15.0. The molecule has 4 aromatic rings. The SMILES string of the molecule is Cc1nn2c(C(=O)NCC(F)c3ccc(Cl)cc3Cl)c(Oc3cccc(C4CC4)c3)cnc2c1C#N. The van der Waals surface area contributed by atoms with Gasteiger partial charge in [-0.3, -0.25) is 4.79 Å². The average Bonchev–Trinajstić information content (AvgIpc) is 3.65. The van der Waals surface area contributed by atoms with E-state index in [0.717, 1.165) is 18.4 Å². The fourth-order valence-electron chi connectivity index (χ4n) is 4.00. The molecule has 0 spiro atoms. The van der Waals surface area contributed by atoms with Crippen molar-refractivity contribution in [3.8, 4) is 17.6 Å². The Hall–Kier alpha value is -3.67. The molecule has 1 aliphatic carbocycles. The molecule has 2 aromatic heterocycles. The molecule has 0 radical (unpaired) electrons. The maximum Gasteiger partial charge on any atom is 0.274 e. The van der Waals surface area contributed by atoms with Crippen LogP contribution in [0.25, 0.3) is 5.65 Å². The van der Waals surface area contributed by atoms with Gasteiger partial charge in [-0.2, -0.15) is 10.4 Å². The van der Waals surface area contributed by atoms with E-state index in [-0.39, 0.29) is 39.8 Å². The van der Waals surface area contributed by atoms with E-state index >= 15 is 0 Å². The van der Waals surface area contributed by atoms with Crippen LogP contribution in [0.1, 0.15) is 57.8 Å². The summed E-state index contributed by atoms with van der Waals surface area (Å²) in [4.78, 5) is 17.7. The van der Waals surface area contributed by atoms with E-state index in [1.165, 1.54) is 28.9 Å². The number of carbonyl (C=O) groups is 1. The Kier molecular flexibility index (Phi) is 6.52. The molecule has 1 N–H and O–H groups in total. The van der Waals surface area contributed by atoms with Gasteiger partial charge < -0.3 is 10.1 Å². The Morgan fingerprint density at radius 1 is 1.31 bits per heavy atom. The summed E-state index contributed by atoms with van der Waals surface area (Å²) in [5.41, 5.74) is 2.21. The van der Waals surface area contributed by atoms with Crippen molar-refractivity contribution in [1.82, 2.24) is 19.9 Å². The van der Waals surface area contributed by atoms with Crippen molar-refractivity contribution in [2.24, 2.45) is 0 Å². The molecule has 36 heavy (non-hydrogen) atoms. The number of aryl methyl sites for hydroxylation is 1. The molecule has 2 aromatic carbocycles. The maximum absolute atomic E-state index is 15.0. The van der Waals surface area contributed by atoms with Crippen LogP contribution in [-0.4, -0.2) is 27.0 Å². The van der Waals surface area contributed by atoms with Crippen molar-refractivity contribution in [2.45, 2.75) is 31.9 Å². The van der Waals surface area contributed by atoms with Crippen LogP contribution in [0.15, 0.2) is 48.7 Å². The van der Waals surface area contributed by atoms with Crippen molar-refractivity contribution in [1.29, 1.82) is 5.26 Å². The third kappa shape index (κ3) is 4.72. The normalized spacial score (nSPS) is 13.9. The van der Waals surface area contributed by atoms with Crippen LogP contribution in [0.4, 0.5) is 4.39 Å².